The molecule has 0 atom stereocenters. The molecule has 0 heterocycles. The Labute approximate surface area is 335 Å². The molecule has 3 rings (SSSR count). The van der Waals surface area contributed by atoms with Crippen LogP contribution in [-0.4, -0.2) is 62.9 Å². The third-order valence-electron chi connectivity index (χ3n) is 8.43. The van der Waals surface area contributed by atoms with Gasteiger partial charge < -0.3 is 33.2 Å². The first-order valence-corrected chi connectivity index (χ1v) is 19.5. The van der Waals surface area contributed by atoms with E-state index < -0.39 is 29.8 Å². The number of hydrogen-bond donors (Lipinski definition) is 0. The molecule has 12 nitrogen and oxygen atoms in total. The van der Waals surface area contributed by atoms with Gasteiger partial charge >= 0.3 is 29.8 Å². The maximum absolute atomic E-state index is 13.2. The lowest BCUT2D eigenvalue weighted by molar-refractivity contribution is -0.138. The maximum Gasteiger partial charge on any atom is 0.343 e. The van der Waals surface area contributed by atoms with Crippen LogP contribution < -0.4 is 18.9 Å². The fourth-order valence-electron chi connectivity index (χ4n) is 5.25. The molecule has 0 aromatic heterocycles. The van der Waals surface area contributed by atoms with Crippen LogP contribution in [0.1, 0.15) is 115 Å². The molecular formula is C45H54O12. The van der Waals surface area contributed by atoms with E-state index in [4.69, 9.17) is 33.2 Å². The quantitative estimate of drug-likeness (QED) is 0.0227. The Hall–Kier alpha value is -5.91. The van der Waals surface area contributed by atoms with E-state index in [0.717, 1.165) is 82.8 Å². The van der Waals surface area contributed by atoms with Crippen molar-refractivity contribution in [3.8, 4) is 23.0 Å². The van der Waals surface area contributed by atoms with E-state index in [0.29, 0.717) is 44.3 Å². The molecule has 57 heavy (non-hydrogen) atoms. The number of hydrogen-bond acceptors (Lipinski definition) is 12. The highest BCUT2D eigenvalue weighted by Crippen LogP contribution is 2.28. The number of carbonyl (C=O) groups is 5. The van der Waals surface area contributed by atoms with Crippen molar-refractivity contribution in [1.82, 2.24) is 0 Å². The topological polar surface area (TPSA) is 150 Å². The standard InChI is InChI=1S/C45H54O12/c1-4-7-8-13-32-55-45(50)39-33-38(56-43(48)34-18-22-36(23-19-34)51-28-14-9-11-16-30-53-41(46)5-2)26-27-40(39)57-44(49)35-20-24-37(25-21-35)52-29-15-10-12-17-31-54-42(47)6-3/h5-6,18-27,33H,2-4,7-17,28-32H2,1H3. The van der Waals surface area contributed by atoms with Crippen LogP contribution in [0.15, 0.2) is 92.0 Å². The molecule has 306 valence electrons. The van der Waals surface area contributed by atoms with E-state index in [1.165, 1.54) is 18.2 Å². The zero-order valence-corrected chi connectivity index (χ0v) is 32.8. The van der Waals surface area contributed by atoms with Gasteiger partial charge in [-0.3, -0.25) is 0 Å². The minimum atomic E-state index is -0.716. The molecule has 0 aliphatic rings. The van der Waals surface area contributed by atoms with Crippen LogP contribution in [0, 0.1) is 0 Å². The first kappa shape index (κ1) is 45.5. The van der Waals surface area contributed by atoms with Crippen LogP contribution in [0.3, 0.4) is 0 Å². The summed E-state index contributed by atoms with van der Waals surface area (Å²) in [6.07, 6.45) is 12.7. The molecule has 0 fully saturated rings. The second kappa shape index (κ2) is 26.8. The smallest absolute Gasteiger partial charge is 0.343 e. The van der Waals surface area contributed by atoms with Crippen molar-refractivity contribution >= 4 is 29.8 Å². The van der Waals surface area contributed by atoms with Crippen LogP contribution >= 0.6 is 0 Å². The van der Waals surface area contributed by atoms with Gasteiger partial charge in [-0.1, -0.05) is 39.3 Å². The second-order valence-corrected chi connectivity index (χ2v) is 13.0. The Morgan fingerprint density at radius 3 is 1.37 bits per heavy atom. The Morgan fingerprint density at radius 1 is 0.474 bits per heavy atom. The number of carbonyl (C=O) groups excluding carboxylic acids is 5. The van der Waals surface area contributed by atoms with E-state index in [-0.39, 0.29) is 34.8 Å². The van der Waals surface area contributed by atoms with Gasteiger partial charge in [0, 0.05) is 12.2 Å². The van der Waals surface area contributed by atoms with Crippen LogP contribution in [-0.2, 0) is 23.8 Å². The largest absolute Gasteiger partial charge is 0.494 e. The summed E-state index contributed by atoms with van der Waals surface area (Å²) in [4.78, 5) is 61.6. The Bertz CT molecular complexity index is 1730. The molecule has 0 bridgehead atoms. The zero-order valence-electron chi connectivity index (χ0n) is 32.8. The van der Waals surface area contributed by atoms with E-state index in [2.05, 4.69) is 20.1 Å². The summed E-state index contributed by atoms with van der Waals surface area (Å²) >= 11 is 0. The number of unbranched alkanes of at least 4 members (excludes halogenated alkanes) is 9. The first-order chi connectivity index (χ1) is 27.7. The van der Waals surface area contributed by atoms with Gasteiger partial charge in [-0.05, 0) is 125 Å². The average Bonchev–Trinajstić information content (AvgIpc) is 3.23. The van der Waals surface area contributed by atoms with Crippen molar-refractivity contribution in [2.45, 2.75) is 84.0 Å². The molecule has 0 saturated heterocycles. The summed E-state index contributed by atoms with van der Waals surface area (Å²) in [5.74, 6) is -1.72. The minimum Gasteiger partial charge on any atom is -0.494 e. The van der Waals surface area contributed by atoms with Crippen molar-refractivity contribution in [3.63, 3.8) is 0 Å². The summed E-state index contributed by atoms with van der Waals surface area (Å²) in [6, 6.07) is 17.1. The van der Waals surface area contributed by atoms with E-state index in [1.807, 2.05) is 0 Å². The monoisotopic (exact) mass is 786 g/mol. The fraction of sp³-hybridized carbons (Fsp3) is 0.400. The lowest BCUT2D eigenvalue weighted by atomic mass is 10.1. The van der Waals surface area contributed by atoms with Gasteiger partial charge in [0.15, 0.2) is 0 Å². The predicted octanol–water partition coefficient (Wildman–Crippen LogP) is 9.20. The van der Waals surface area contributed by atoms with E-state index >= 15 is 0 Å². The van der Waals surface area contributed by atoms with Crippen LogP contribution in [0.4, 0.5) is 0 Å². The Balaban J connectivity index is 1.54. The highest BCUT2D eigenvalue weighted by atomic mass is 16.6. The molecule has 0 amide bonds. The summed E-state index contributed by atoms with van der Waals surface area (Å²) in [5, 5.41) is 0. The average molecular weight is 787 g/mol. The molecule has 0 aliphatic carbocycles. The van der Waals surface area contributed by atoms with Gasteiger partial charge in [-0.25, -0.2) is 24.0 Å². The summed E-state index contributed by atoms with van der Waals surface area (Å²) in [7, 11) is 0. The summed E-state index contributed by atoms with van der Waals surface area (Å²) in [6.45, 7) is 10.7. The van der Waals surface area contributed by atoms with E-state index in [9.17, 15) is 24.0 Å². The molecule has 0 unspecified atom stereocenters. The normalized spacial score (nSPS) is 10.5. The van der Waals surface area contributed by atoms with Crippen LogP contribution in [0.2, 0.25) is 0 Å². The fourth-order valence-corrected chi connectivity index (χ4v) is 5.25. The molecule has 0 radical (unpaired) electrons. The van der Waals surface area contributed by atoms with Crippen molar-refractivity contribution in [2.24, 2.45) is 0 Å². The highest BCUT2D eigenvalue weighted by molar-refractivity contribution is 5.97. The second-order valence-electron chi connectivity index (χ2n) is 13.0. The number of esters is 5. The van der Waals surface area contributed by atoms with Gasteiger partial charge in [0.2, 0.25) is 0 Å². The minimum absolute atomic E-state index is 0.0458. The van der Waals surface area contributed by atoms with Crippen molar-refractivity contribution in [1.29, 1.82) is 0 Å². The number of ether oxygens (including phenoxy) is 7. The lowest BCUT2D eigenvalue weighted by Gasteiger charge is -2.13. The van der Waals surface area contributed by atoms with Gasteiger partial charge in [-0.15, -0.1) is 0 Å². The third kappa shape index (κ3) is 18.1. The Morgan fingerprint density at radius 2 is 0.895 bits per heavy atom. The first-order valence-electron chi connectivity index (χ1n) is 19.5. The van der Waals surface area contributed by atoms with Gasteiger partial charge in [0.25, 0.3) is 0 Å². The molecular weight excluding hydrogens is 732 g/mol. The molecule has 12 heteroatoms. The predicted molar refractivity (Wildman–Crippen MR) is 214 cm³/mol. The summed E-state index contributed by atoms with van der Waals surface area (Å²) in [5.41, 5.74) is 0.439. The van der Waals surface area contributed by atoms with Gasteiger partial charge in [0.1, 0.15) is 28.6 Å². The molecule has 3 aromatic rings. The van der Waals surface area contributed by atoms with Crippen molar-refractivity contribution in [3.05, 3.63) is 109 Å². The molecule has 0 spiro atoms. The number of rotatable bonds is 28. The van der Waals surface area contributed by atoms with Crippen molar-refractivity contribution < 1.29 is 57.1 Å². The molecule has 0 N–H and O–H groups in total. The maximum atomic E-state index is 13.2. The van der Waals surface area contributed by atoms with Crippen molar-refractivity contribution in [2.75, 3.05) is 33.0 Å². The van der Waals surface area contributed by atoms with Gasteiger partial charge in [0.05, 0.1) is 44.2 Å². The zero-order chi connectivity index (χ0) is 41.1. The SMILES string of the molecule is C=CC(=O)OCCCCCCOc1ccc(C(=O)Oc2ccc(OC(=O)c3ccc(OCCCCCCOC(=O)C=C)cc3)c(C(=O)OCCCCCC)c2)cc1. The lowest BCUT2D eigenvalue weighted by Crippen LogP contribution is -2.14. The number of benzene rings is 3. The van der Waals surface area contributed by atoms with Crippen LogP contribution in [0.25, 0.3) is 0 Å². The molecule has 0 saturated carbocycles. The molecule has 3 aromatic carbocycles. The Kier molecular flexibility index (Phi) is 21.4. The highest BCUT2D eigenvalue weighted by Gasteiger charge is 2.21. The van der Waals surface area contributed by atoms with E-state index in [1.54, 1.807) is 48.5 Å². The molecule has 0 aliphatic heterocycles. The van der Waals surface area contributed by atoms with Crippen LogP contribution in [0.5, 0.6) is 23.0 Å². The van der Waals surface area contributed by atoms with Gasteiger partial charge in [-0.2, -0.15) is 0 Å². The third-order valence-corrected chi connectivity index (χ3v) is 8.43. The summed E-state index contributed by atoms with van der Waals surface area (Å²) < 4.78 is 38.2.